The first kappa shape index (κ1) is 25.9. The number of allylic oxidation sites excluding steroid dienone is 1. The highest BCUT2D eigenvalue weighted by atomic mass is 16.5. The van der Waals surface area contributed by atoms with Crippen LogP contribution in [0, 0.1) is 11.8 Å². The number of ether oxygens (including phenoxy) is 2. The van der Waals surface area contributed by atoms with Crippen molar-refractivity contribution in [2.24, 2.45) is 0 Å². The molecule has 3 aromatic carbocycles. The van der Waals surface area contributed by atoms with Crippen LogP contribution in [0.4, 0.5) is 0 Å². The second-order valence-electron chi connectivity index (χ2n) is 8.29. The summed E-state index contributed by atoms with van der Waals surface area (Å²) in [4.78, 5) is 35.7. The van der Waals surface area contributed by atoms with Crippen molar-refractivity contribution in [3.63, 3.8) is 0 Å². The van der Waals surface area contributed by atoms with Crippen LogP contribution in [0.5, 0.6) is 5.75 Å². The summed E-state index contributed by atoms with van der Waals surface area (Å²) in [5, 5.41) is 0. The van der Waals surface area contributed by atoms with E-state index in [1.807, 2.05) is 24.3 Å². The average Bonchev–Trinajstić information content (AvgIpc) is 2.87. The predicted octanol–water partition coefficient (Wildman–Crippen LogP) is 5.61. The van der Waals surface area contributed by atoms with Crippen molar-refractivity contribution in [2.75, 3.05) is 0 Å². The first-order valence-electron chi connectivity index (χ1n) is 11.2. The van der Waals surface area contributed by atoms with Crippen molar-refractivity contribution in [2.45, 2.75) is 26.9 Å². The molecule has 0 radical (unpaired) electrons. The zero-order chi connectivity index (χ0) is 26.1. The van der Waals surface area contributed by atoms with Crippen LogP contribution in [-0.4, -0.2) is 17.7 Å². The lowest BCUT2D eigenvalue weighted by molar-refractivity contribution is -0.140. The minimum atomic E-state index is -0.490. The normalized spacial score (nSPS) is 9.94. The Morgan fingerprint density at radius 2 is 1.25 bits per heavy atom. The van der Waals surface area contributed by atoms with Gasteiger partial charge in [-0.05, 0) is 79.1 Å². The van der Waals surface area contributed by atoms with E-state index in [0.717, 1.165) is 22.3 Å². The Morgan fingerprint density at radius 1 is 0.722 bits per heavy atom. The maximum atomic E-state index is 12.5. The Kier molecular flexibility index (Phi) is 8.74. The van der Waals surface area contributed by atoms with Gasteiger partial charge in [-0.15, -0.1) is 0 Å². The zero-order valence-corrected chi connectivity index (χ0v) is 20.3. The number of hydrogen-bond donors (Lipinski definition) is 0. The lowest BCUT2D eigenvalue weighted by atomic mass is 10.0. The van der Waals surface area contributed by atoms with Gasteiger partial charge in [0.15, 0.2) is 5.78 Å². The summed E-state index contributed by atoms with van der Waals surface area (Å²) in [5.74, 6) is 5.60. The quantitative estimate of drug-likeness (QED) is 0.182. The number of rotatable bonds is 8. The SMILES string of the molecule is C=C(C)C(=O)Cc1ccc(C#Cc2ccc(C(=O)Oc3ccc(COC(=O)C(=C)C)cc3)cc2)cc1. The van der Waals surface area contributed by atoms with E-state index < -0.39 is 11.9 Å². The minimum absolute atomic E-state index is 0.0195. The Bertz CT molecular complexity index is 1350. The van der Waals surface area contributed by atoms with Gasteiger partial charge in [-0.1, -0.05) is 49.3 Å². The summed E-state index contributed by atoms with van der Waals surface area (Å²) in [6, 6.07) is 21.0. The van der Waals surface area contributed by atoms with Crippen LogP contribution in [0.3, 0.4) is 0 Å². The highest BCUT2D eigenvalue weighted by Gasteiger charge is 2.09. The van der Waals surface area contributed by atoms with E-state index in [2.05, 4.69) is 25.0 Å². The number of Topliss-reactive ketones (excluding diaryl/α,β-unsaturated/α-hetero) is 1. The number of carbonyl (C=O) groups excluding carboxylic acids is 3. The van der Waals surface area contributed by atoms with Crippen LogP contribution < -0.4 is 4.74 Å². The Balaban J connectivity index is 1.55. The molecular weight excluding hydrogens is 452 g/mol. The van der Waals surface area contributed by atoms with Gasteiger partial charge in [0.1, 0.15) is 12.4 Å². The van der Waals surface area contributed by atoms with E-state index in [-0.39, 0.29) is 12.4 Å². The fourth-order valence-electron chi connectivity index (χ4n) is 2.97. The number of benzene rings is 3. The first-order chi connectivity index (χ1) is 17.2. The third-order valence-electron chi connectivity index (χ3n) is 5.12. The summed E-state index contributed by atoms with van der Waals surface area (Å²) < 4.78 is 10.5. The molecule has 3 rings (SSSR count). The lowest BCUT2D eigenvalue weighted by Crippen LogP contribution is -2.08. The molecule has 0 spiro atoms. The molecule has 180 valence electrons. The first-order valence-corrected chi connectivity index (χ1v) is 11.2. The van der Waals surface area contributed by atoms with E-state index >= 15 is 0 Å². The molecule has 0 amide bonds. The molecule has 0 aliphatic carbocycles. The second-order valence-corrected chi connectivity index (χ2v) is 8.29. The molecule has 0 heterocycles. The lowest BCUT2D eigenvalue weighted by Gasteiger charge is -2.07. The van der Waals surface area contributed by atoms with Gasteiger partial charge in [-0.2, -0.15) is 0 Å². The van der Waals surface area contributed by atoms with E-state index in [4.69, 9.17) is 9.47 Å². The fourth-order valence-corrected chi connectivity index (χ4v) is 2.97. The van der Waals surface area contributed by atoms with Gasteiger partial charge in [-0.25, -0.2) is 9.59 Å². The number of hydrogen-bond acceptors (Lipinski definition) is 5. The van der Waals surface area contributed by atoms with Crippen LogP contribution in [0.1, 0.15) is 46.5 Å². The van der Waals surface area contributed by atoms with E-state index in [9.17, 15) is 14.4 Å². The molecule has 0 N–H and O–H groups in total. The van der Waals surface area contributed by atoms with Crippen molar-refractivity contribution in [1.82, 2.24) is 0 Å². The van der Waals surface area contributed by atoms with Gasteiger partial charge in [0, 0.05) is 23.1 Å². The molecule has 5 heteroatoms. The van der Waals surface area contributed by atoms with Gasteiger partial charge in [0.05, 0.1) is 5.56 Å². The highest BCUT2D eigenvalue weighted by Crippen LogP contribution is 2.16. The molecule has 0 unspecified atom stereocenters. The van der Waals surface area contributed by atoms with Gasteiger partial charge in [-0.3, -0.25) is 4.79 Å². The van der Waals surface area contributed by atoms with Gasteiger partial charge < -0.3 is 9.47 Å². The summed E-state index contributed by atoms with van der Waals surface area (Å²) in [7, 11) is 0. The topological polar surface area (TPSA) is 69.7 Å². The largest absolute Gasteiger partial charge is 0.457 e. The monoisotopic (exact) mass is 478 g/mol. The molecule has 36 heavy (non-hydrogen) atoms. The van der Waals surface area contributed by atoms with Crippen LogP contribution in [0.15, 0.2) is 97.1 Å². The summed E-state index contributed by atoms with van der Waals surface area (Å²) in [5.41, 5.74) is 4.53. The Labute approximate surface area is 211 Å². The van der Waals surface area contributed by atoms with Crippen molar-refractivity contribution < 1.29 is 23.9 Å². The van der Waals surface area contributed by atoms with Crippen molar-refractivity contribution in [3.05, 3.63) is 125 Å². The predicted molar refractivity (Wildman–Crippen MR) is 138 cm³/mol. The molecule has 0 saturated carbocycles. The molecular formula is C31H26O5. The molecule has 0 saturated heterocycles. The Morgan fingerprint density at radius 3 is 1.78 bits per heavy atom. The highest BCUT2D eigenvalue weighted by molar-refractivity contribution is 5.95. The molecule has 0 atom stereocenters. The van der Waals surface area contributed by atoms with Crippen LogP contribution in [-0.2, 0) is 27.4 Å². The number of ketones is 1. The molecule has 0 fully saturated rings. The van der Waals surface area contributed by atoms with Gasteiger partial charge >= 0.3 is 11.9 Å². The third-order valence-corrected chi connectivity index (χ3v) is 5.12. The minimum Gasteiger partial charge on any atom is -0.457 e. The van der Waals surface area contributed by atoms with Crippen LogP contribution >= 0.6 is 0 Å². The summed E-state index contributed by atoms with van der Waals surface area (Å²) >= 11 is 0. The van der Waals surface area contributed by atoms with E-state index in [1.54, 1.807) is 62.4 Å². The van der Waals surface area contributed by atoms with Gasteiger partial charge in [0.25, 0.3) is 0 Å². The second kappa shape index (κ2) is 12.1. The Hall–Kier alpha value is -4.69. The smallest absolute Gasteiger partial charge is 0.343 e. The van der Waals surface area contributed by atoms with Crippen molar-refractivity contribution in [1.29, 1.82) is 0 Å². The van der Waals surface area contributed by atoms with E-state index in [0.29, 0.717) is 28.9 Å². The van der Waals surface area contributed by atoms with Crippen molar-refractivity contribution in [3.8, 4) is 17.6 Å². The maximum absolute atomic E-state index is 12.5. The maximum Gasteiger partial charge on any atom is 0.343 e. The van der Waals surface area contributed by atoms with Gasteiger partial charge in [0.2, 0.25) is 0 Å². The standard InChI is InChI=1S/C31H26O5/c1-21(2)29(32)19-25-9-7-23(8-10-25)5-6-24-11-15-27(16-12-24)31(34)36-28-17-13-26(14-18-28)20-35-30(33)22(3)4/h7-18H,1,3,19-20H2,2,4H3. The fraction of sp³-hybridized carbons (Fsp3) is 0.129. The molecule has 0 aromatic heterocycles. The average molecular weight is 479 g/mol. The molecule has 5 nitrogen and oxygen atoms in total. The molecule has 3 aromatic rings. The molecule has 0 aliphatic rings. The number of carbonyl (C=O) groups is 3. The zero-order valence-electron chi connectivity index (χ0n) is 20.3. The summed E-state index contributed by atoms with van der Waals surface area (Å²) in [6.45, 7) is 10.6. The third kappa shape index (κ3) is 7.68. The van der Waals surface area contributed by atoms with E-state index in [1.165, 1.54) is 0 Å². The van der Waals surface area contributed by atoms with Crippen molar-refractivity contribution >= 4 is 17.7 Å². The summed E-state index contributed by atoms with van der Waals surface area (Å²) in [6.07, 6.45) is 0.329. The molecule has 0 bridgehead atoms. The van der Waals surface area contributed by atoms with Crippen LogP contribution in [0.25, 0.3) is 0 Å². The van der Waals surface area contributed by atoms with Crippen LogP contribution in [0.2, 0.25) is 0 Å². The number of esters is 2. The molecule has 0 aliphatic heterocycles.